The Labute approximate surface area is 114 Å². The zero-order valence-corrected chi connectivity index (χ0v) is 10.8. The second-order valence-corrected chi connectivity index (χ2v) is 4.63. The molecule has 0 N–H and O–H groups in total. The third kappa shape index (κ3) is 2.94. The van der Waals surface area contributed by atoms with E-state index >= 15 is 0 Å². The van der Waals surface area contributed by atoms with Crippen LogP contribution in [0.2, 0.25) is 0 Å². The van der Waals surface area contributed by atoms with Crippen molar-refractivity contribution in [3.8, 4) is 11.1 Å². The molecule has 0 radical (unpaired) electrons. The second kappa shape index (κ2) is 4.92. The minimum atomic E-state index is -4.50. The first-order valence-electron chi connectivity index (χ1n) is 5.11. The van der Waals surface area contributed by atoms with Gasteiger partial charge in [-0.05, 0) is 51.3 Å². The first-order valence-corrected chi connectivity index (χ1v) is 5.90. The molecule has 0 atom stereocenters. The van der Waals surface area contributed by atoms with Gasteiger partial charge in [-0.2, -0.15) is 13.2 Å². The molecule has 0 aliphatic rings. The predicted molar refractivity (Wildman–Crippen MR) is 64.5 cm³/mol. The summed E-state index contributed by atoms with van der Waals surface area (Å²) in [6.45, 7) is 0. The molecule has 0 aliphatic heterocycles. The Kier molecular flexibility index (Phi) is 3.62. The summed E-state index contributed by atoms with van der Waals surface area (Å²) in [5.41, 5.74) is -0.724. The summed E-state index contributed by atoms with van der Waals surface area (Å²) >= 11 is 2.70. The van der Waals surface area contributed by atoms with Crippen LogP contribution < -0.4 is 0 Å². The van der Waals surface area contributed by atoms with Crippen LogP contribution >= 0.6 is 15.9 Å². The molecule has 0 heterocycles. The lowest BCUT2D eigenvalue weighted by molar-refractivity contribution is -0.137. The molecule has 100 valence electrons. The van der Waals surface area contributed by atoms with Crippen LogP contribution in [0.3, 0.4) is 0 Å². The van der Waals surface area contributed by atoms with Gasteiger partial charge in [0, 0.05) is 0 Å². The smallest absolute Gasteiger partial charge is 0.206 e. The third-order valence-electron chi connectivity index (χ3n) is 2.51. The average Bonchev–Trinajstić information content (AvgIpc) is 2.34. The zero-order chi connectivity index (χ0) is 14.2. The minimum Gasteiger partial charge on any atom is -0.206 e. The van der Waals surface area contributed by atoms with Crippen LogP contribution in [0.25, 0.3) is 11.1 Å². The van der Waals surface area contributed by atoms with Gasteiger partial charge in [-0.25, -0.2) is 8.78 Å². The molecule has 0 spiro atoms. The molecular weight excluding hydrogens is 331 g/mol. The molecule has 0 aliphatic carbocycles. The van der Waals surface area contributed by atoms with Crippen molar-refractivity contribution >= 4 is 15.9 Å². The Morgan fingerprint density at radius 1 is 0.842 bits per heavy atom. The van der Waals surface area contributed by atoms with Crippen molar-refractivity contribution in [2.24, 2.45) is 0 Å². The quantitative estimate of drug-likeness (QED) is 0.482. The fraction of sp³-hybridized carbons (Fsp3) is 0.0769. The highest BCUT2D eigenvalue weighted by Crippen LogP contribution is 2.33. The van der Waals surface area contributed by atoms with Crippen LogP contribution in [0.15, 0.2) is 40.9 Å². The summed E-state index contributed by atoms with van der Waals surface area (Å²) < 4.78 is 64.0. The fourth-order valence-corrected chi connectivity index (χ4v) is 1.83. The van der Waals surface area contributed by atoms with E-state index in [0.717, 1.165) is 24.3 Å². The normalized spacial score (nSPS) is 11.7. The van der Waals surface area contributed by atoms with Gasteiger partial charge in [0.1, 0.15) is 11.6 Å². The predicted octanol–water partition coefficient (Wildman–Crippen LogP) is 5.41. The number of alkyl halides is 3. The molecule has 2 aromatic rings. The van der Waals surface area contributed by atoms with E-state index in [4.69, 9.17) is 0 Å². The fourth-order valence-electron chi connectivity index (χ4n) is 1.60. The molecular formula is C13H6BrF5. The SMILES string of the molecule is Fc1cc(-c2cccc(C(F)(F)F)c2)cc(F)c1Br. The van der Waals surface area contributed by atoms with Crippen molar-refractivity contribution < 1.29 is 22.0 Å². The van der Waals surface area contributed by atoms with Crippen LogP contribution in [0, 0.1) is 11.6 Å². The van der Waals surface area contributed by atoms with E-state index in [1.54, 1.807) is 0 Å². The molecule has 19 heavy (non-hydrogen) atoms. The topological polar surface area (TPSA) is 0 Å². The summed E-state index contributed by atoms with van der Waals surface area (Å²) in [6.07, 6.45) is -4.50. The number of benzene rings is 2. The molecule has 6 heteroatoms. The lowest BCUT2D eigenvalue weighted by Crippen LogP contribution is -2.04. The lowest BCUT2D eigenvalue weighted by Gasteiger charge is -2.09. The summed E-state index contributed by atoms with van der Waals surface area (Å²) in [4.78, 5) is 0. The van der Waals surface area contributed by atoms with Gasteiger partial charge in [-0.3, -0.25) is 0 Å². The Morgan fingerprint density at radius 3 is 1.95 bits per heavy atom. The Balaban J connectivity index is 2.54. The van der Waals surface area contributed by atoms with E-state index in [9.17, 15) is 22.0 Å². The number of hydrogen-bond donors (Lipinski definition) is 0. The second-order valence-electron chi connectivity index (χ2n) is 3.83. The molecule has 0 fully saturated rings. The van der Waals surface area contributed by atoms with Gasteiger partial charge in [0.15, 0.2) is 0 Å². The van der Waals surface area contributed by atoms with Gasteiger partial charge in [0.2, 0.25) is 0 Å². The molecule has 0 saturated carbocycles. The highest BCUT2D eigenvalue weighted by atomic mass is 79.9. The van der Waals surface area contributed by atoms with Gasteiger partial charge in [-0.15, -0.1) is 0 Å². The molecule has 0 aromatic heterocycles. The largest absolute Gasteiger partial charge is 0.416 e. The van der Waals surface area contributed by atoms with E-state index in [-0.39, 0.29) is 15.6 Å². The van der Waals surface area contributed by atoms with Gasteiger partial charge >= 0.3 is 6.18 Å². The monoisotopic (exact) mass is 336 g/mol. The molecule has 0 nitrogen and oxygen atoms in total. The first kappa shape index (κ1) is 14.0. The van der Waals surface area contributed by atoms with E-state index in [0.29, 0.717) is 0 Å². The first-order chi connectivity index (χ1) is 8.79. The van der Waals surface area contributed by atoms with Gasteiger partial charge < -0.3 is 0 Å². The minimum absolute atomic E-state index is 0.0456. The van der Waals surface area contributed by atoms with Crippen LogP contribution in [-0.2, 0) is 6.18 Å². The van der Waals surface area contributed by atoms with Crippen LogP contribution in [-0.4, -0.2) is 0 Å². The standard InChI is InChI=1S/C13H6BrF5/c14-12-10(15)5-8(6-11(12)16)7-2-1-3-9(4-7)13(17,18)19/h1-6H. The van der Waals surface area contributed by atoms with Gasteiger partial charge in [-0.1, -0.05) is 12.1 Å². The summed E-state index contributed by atoms with van der Waals surface area (Å²) in [5.74, 6) is -1.74. The lowest BCUT2D eigenvalue weighted by atomic mass is 10.0. The molecule has 2 rings (SSSR count). The van der Waals surface area contributed by atoms with Crippen molar-refractivity contribution in [2.45, 2.75) is 6.18 Å². The summed E-state index contributed by atoms with van der Waals surface area (Å²) in [5, 5.41) is 0. The summed E-state index contributed by atoms with van der Waals surface area (Å²) in [6, 6.07) is 6.25. The molecule has 2 aromatic carbocycles. The van der Waals surface area contributed by atoms with E-state index < -0.39 is 23.4 Å². The van der Waals surface area contributed by atoms with E-state index in [2.05, 4.69) is 15.9 Å². The summed E-state index contributed by atoms with van der Waals surface area (Å²) in [7, 11) is 0. The maximum atomic E-state index is 13.4. The average molecular weight is 337 g/mol. The van der Waals surface area contributed by atoms with E-state index in [1.165, 1.54) is 12.1 Å². The molecule has 0 amide bonds. The maximum Gasteiger partial charge on any atom is 0.416 e. The van der Waals surface area contributed by atoms with Gasteiger partial charge in [0.05, 0.1) is 10.0 Å². The van der Waals surface area contributed by atoms with Crippen molar-refractivity contribution in [2.75, 3.05) is 0 Å². The highest BCUT2D eigenvalue weighted by Gasteiger charge is 2.30. The Hall–Kier alpha value is -1.43. The zero-order valence-electron chi connectivity index (χ0n) is 9.23. The Morgan fingerprint density at radius 2 is 1.42 bits per heavy atom. The molecule has 0 unspecified atom stereocenters. The van der Waals surface area contributed by atoms with Crippen LogP contribution in [0.5, 0.6) is 0 Å². The molecule has 0 saturated heterocycles. The highest BCUT2D eigenvalue weighted by molar-refractivity contribution is 9.10. The third-order valence-corrected chi connectivity index (χ3v) is 3.26. The van der Waals surface area contributed by atoms with Crippen molar-refractivity contribution in [3.63, 3.8) is 0 Å². The van der Waals surface area contributed by atoms with Gasteiger partial charge in [0.25, 0.3) is 0 Å². The molecule has 0 bridgehead atoms. The van der Waals surface area contributed by atoms with Crippen LogP contribution in [0.4, 0.5) is 22.0 Å². The Bertz CT molecular complexity index is 596. The van der Waals surface area contributed by atoms with Crippen LogP contribution in [0.1, 0.15) is 5.56 Å². The van der Waals surface area contributed by atoms with E-state index in [1.807, 2.05) is 0 Å². The number of halogens is 6. The number of rotatable bonds is 1. The van der Waals surface area contributed by atoms with Crippen molar-refractivity contribution in [1.29, 1.82) is 0 Å². The van der Waals surface area contributed by atoms with Crippen molar-refractivity contribution in [3.05, 3.63) is 58.1 Å². The number of hydrogen-bond acceptors (Lipinski definition) is 0. The van der Waals surface area contributed by atoms with Crippen molar-refractivity contribution in [1.82, 2.24) is 0 Å². The maximum absolute atomic E-state index is 13.4.